The summed E-state index contributed by atoms with van der Waals surface area (Å²) < 4.78 is 20.8. The van der Waals surface area contributed by atoms with Gasteiger partial charge in [-0.25, -0.2) is 4.39 Å². The summed E-state index contributed by atoms with van der Waals surface area (Å²) in [5.74, 6) is -1.29. The predicted octanol–water partition coefficient (Wildman–Crippen LogP) is 1.85. The van der Waals surface area contributed by atoms with Crippen LogP contribution < -0.4 is 5.32 Å². The van der Waals surface area contributed by atoms with E-state index in [-0.39, 0.29) is 23.7 Å². The molecule has 29 heavy (non-hydrogen) atoms. The zero-order valence-corrected chi connectivity index (χ0v) is 17.1. The Morgan fingerprint density at radius 3 is 2.90 bits per heavy atom. The van der Waals surface area contributed by atoms with Crippen molar-refractivity contribution in [1.82, 2.24) is 9.88 Å². The molecule has 152 valence electrons. The fourth-order valence-corrected chi connectivity index (χ4v) is 3.85. The molecule has 2 aromatic heterocycles. The number of aliphatic hydroxyl groups excluding tert-OH is 3. The van der Waals surface area contributed by atoms with Gasteiger partial charge < -0.3 is 30.0 Å². The Morgan fingerprint density at radius 1 is 1.38 bits per heavy atom. The van der Waals surface area contributed by atoms with E-state index in [2.05, 4.69) is 10.3 Å². The molecule has 1 amide bonds. The third kappa shape index (κ3) is 3.56. The molecule has 1 aliphatic rings. The van der Waals surface area contributed by atoms with Gasteiger partial charge in [-0.05, 0) is 46.9 Å². The van der Waals surface area contributed by atoms with Crippen LogP contribution >= 0.6 is 22.6 Å². The van der Waals surface area contributed by atoms with Gasteiger partial charge in [0.05, 0.1) is 36.4 Å². The van der Waals surface area contributed by atoms with Crippen LogP contribution in [-0.2, 0) is 0 Å². The Balaban J connectivity index is 1.78. The van der Waals surface area contributed by atoms with Gasteiger partial charge in [0, 0.05) is 16.0 Å². The Morgan fingerprint density at radius 2 is 2.17 bits per heavy atom. The van der Waals surface area contributed by atoms with E-state index in [0.717, 1.165) is 4.90 Å². The van der Waals surface area contributed by atoms with Gasteiger partial charge in [-0.3, -0.25) is 9.78 Å². The van der Waals surface area contributed by atoms with E-state index >= 15 is 0 Å². The molecule has 0 radical (unpaired) electrons. The highest BCUT2D eigenvalue weighted by atomic mass is 127. The third-order valence-corrected chi connectivity index (χ3v) is 5.57. The second-order valence-electron chi connectivity index (χ2n) is 6.69. The van der Waals surface area contributed by atoms with Gasteiger partial charge in [0.25, 0.3) is 5.91 Å². The lowest BCUT2D eigenvalue weighted by atomic mass is 10.1. The van der Waals surface area contributed by atoms with E-state index in [1.165, 1.54) is 18.5 Å². The first-order valence-corrected chi connectivity index (χ1v) is 9.85. The molecule has 1 aliphatic heterocycles. The molecule has 1 aromatic carbocycles. The average molecular weight is 513 g/mol. The van der Waals surface area contributed by atoms with Crippen molar-refractivity contribution in [1.29, 1.82) is 0 Å². The number of furan rings is 1. The number of amides is 1. The molecule has 3 atom stereocenters. The molecule has 4 N–H and O–H groups in total. The number of benzene rings is 1. The number of nitrogens with one attached hydrogen (secondary N) is 1. The molecule has 10 heteroatoms. The molecule has 1 fully saturated rings. The van der Waals surface area contributed by atoms with Crippen LogP contribution in [0.4, 0.5) is 15.8 Å². The number of carbonyl (C=O) groups is 1. The van der Waals surface area contributed by atoms with Crippen LogP contribution in [0.1, 0.15) is 10.6 Å². The highest BCUT2D eigenvalue weighted by Crippen LogP contribution is 2.35. The van der Waals surface area contributed by atoms with Crippen LogP contribution in [0.5, 0.6) is 0 Å². The van der Waals surface area contributed by atoms with Crippen LogP contribution in [0.3, 0.4) is 0 Å². The van der Waals surface area contributed by atoms with Crippen molar-refractivity contribution in [2.24, 2.45) is 0 Å². The van der Waals surface area contributed by atoms with Crippen LogP contribution in [0.25, 0.3) is 11.0 Å². The second kappa shape index (κ2) is 7.86. The summed E-state index contributed by atoms with van der Waals surface area (Å²) in [4.78, 5) is 18.4. The monoisotopic (exact) mass is 513 g/mol. The number of nitrogens with zero attached hydrogens (tertiary/aromatic N) is 2. The predicted molar refractivity (Wildman–Crippen MR) is 110 cm³/mol. The van der Waals surface area contributed by atoms with Gasteiger partial charge in [0.15, 0.2) is 0 Å². The number of aliphatic hydroxyl groups is 3. The topological polar surface area (TPSA) is 119 Å². The quantitative estimate of drug-likeness (QED) is 0.394. The number of pyridine rings is 1. The minimum atomic E-state index is -1.28. The van der Waals surface area contributed by atoms with Gasteiger partial charge in [-0.15, -0.1) is 0 Å². The molecular formula is C19H17FIN3O5. The highest BCUT2D eigenvalue weighted by molar-refractivity contribution is 14.1. The molecule has 0 spiro atoms. The molecule has 4 rings (SSSR count). The number of halogens is 2. The molecule has 3 heterocycles. The van der Waals surface area contributed by atoms with E-state index in [9.17, 15) is 24.5 Å². The van der Waals surface area contributed by atoms with Gasteiger partial charge >= 0.3 is 0 Å². The Labute approximate surface area is 178 Å². The zero-order valence-electron chi connectivity index (χ0n) is 14.9. The maximum Gasteiger partial charge on any atom is 0.292 e. The largest absolute Gasteiger partial charge is 0.448 e. The third-order valence-electron chi connectivity index (χ3n) is 4.89. The van der Waals surface area contributed by atoms with E-state index in [0.29, 0.717) is 14.5 Å². The fraction of sp³-hybridized carbons (Fsp3) is 0.263. The minimum Gasteiger partial charge on any atom is -0.448 e. The van der Waals surface area contributed by atoms with Crippen LogP contribution in [0.15, 0.2) is 41.1 Å². The molecule has 0 saturated carbocycles. The number of β-amino-alcohol motifs (C(OH)–C–C–N with tert-alkyl or cyclic N) is 1. The van der Waals surface area contributed by atoms with Crippen LogP contribution in [0.2, 0.25) is 0 Å². The molecular weight excluding hydrogens is 496 g/mol. The summed E-state index contributed by atoms with van der Waals surface area (Å²) in [6, 6.07) is 5.19. The lowest BCUT2D eigenvalue weighted by Crippen LogP contribution is -2.42. The van der Waals surface area contributed by atoms with E-state index in [1.807, 2.05) is 22.6 Å². The minimum absolute atomic E-state index is 0.134. The van der Waals surface area contributed by atoms with Crippen molar-refractivity contribution in [2.75, 3.05) is 18.5 Å². The first-order valence-electron chi connectivity index (χ1n) is 8.77. The summed E-state index contributed by atoms with van der Waals surface area (Å²) in [5, 5.41) is 32.9. The molecule has 1 saturated heterocycles. The fourth-order valence-electron chi connectivity index (χ4n) is 3.40. The normalized spacial score (nSPS) is 21.7. The first-order chi connectivity index (χ1) is 13.9. The zero-order chi connectivity index (χ0) is 20.7. The molecule has 0 bridgehead atoms. The van der Waals surface area contributed by atoms with Gasteiger partial charge in [0.2, 0.25) is 5.76 Å². The summed E-state index contributed by atoms with van der Waals surface area (Å²) in [6.45, 7) is -0.696. The highest BCUT2D eigenvalue weighted by Gasteiger charge is 2.43. The lowest BCUT2D eigenvalue weighted by Gasteiger charge is -2.23. The van der Waals surface area contributed by atoms with Crippen molar-refractivity contribution in [3.8, 4) is 0 Å². The summed E-state index contributed by atoms with van der Waals surface area (Å²) in [5.41, 5.74) is 0.717. The Kier molecular flexibility index (Phi) is 5.42. The SMILES string of the molecule is O=C(c1oc2ccncc2c1Nc1ccc(I)cc1F)N1C[C@@H](O)[C@H](O)[C@H]1CO. The van der Waals surface area contributed by atoms with Crippen molar-refractivity contribution in [3.63, 3.8) is 0 Å². The Hall–Kier alpha value is -2.28. The van der Waals surface area contributed by atoms with Crippen LogP contribution in [-0.4, -0.2) is 62.5 Å². The summed E-state index contributed by atoms with van der Waals surface area (Å²) >= 11 is 1.99. The van der Waals surface area contributed by atoms with Crippen molar-refractivity contribution in [2.45, 2.75) is 18.2 Å². The second-order valence-corrected chi connectivity index (χ2v) is 7.94. The number of anilines is 2. The Bertz CT molecular complexity index is 1080. The molecule has 0 aliphatic carbocycles. The van der Waals surface area contributed by atoms with Crippen molar-refractivity contribution >= 4 is 50.8 Å². The maximum absolute atomic E-state index is 14.4. The first kappa shape index (κ1) is 20.0. The van der Waals surface area contributed by atoms with E-state index in [1.54, 1.807) is 18.2 Å². The number of rotatable bonds is 4. The van der Waals surface area contributed by atoms with Crippen molar-refractivity contribution < 1.29 is 28.9 Å². The van der Waals surface area contributed by atoms with Gasteiger partial charge in [0.1, 0.15) is 23.2 Å². The summed E-state index contributed by atoms with van der Waals surface area (Å²) in [7, 11) is 0. The lowest BCUT2D eigenvalue weighted by molar-refractivity contribution is 0.0207. The smallest absolute Gasteiger partial charge is 0.292 e. The molecule has 0 unspecified atom stereocenters. The summed E-state index contributed by atoms with van der Waals surface area (Å²) in [6.07, 6.45) is 0.516. The van der Waals surface area contributed by atoms with E-state index in [4.69, 9.17) is 4.42 Å². The standard InChI is InChI=1S/C19H17FIN3O5/c20-11-5-9(21)1-2-12(11)23-16-10-6-22-4-3-15(10)29-18(16)19(28)24-7-14(26)17(27)13(24)8-25/h1-6,13-14,17,23,25-27H,7-8H2/t13-,14-,17-/m1/s1. The number of fused-ring (bicyclic) bond motifs is 1. The van der Waals surface area contributed by atoms with Crippen LogP contribution in [0, 0.1) is 9.39 Å². The number of carbonyl (C=O) groups excluding carboxylic acids is 1. The van der Waals surface area contributed by atoms with Gasteiger partial charge in [-0.2, -0.15) is 0 Å². The number of likely N-dealkylation sites (tertiary alicyclic amines) is 1. The molecule has 8 nitrogen and oxygen atoms in total. The number of hydrogen-bond acceptors (Lipinski definition) is 7. The van der Waals surface area contributed by atoms with Crippen molar-refractivity contribution in [3.05, 3.63) is 51.8 Å². The van der Waals surface area contributed by atoms with Gasteiger partial charge in [-0.1, -0.05) is 0 Å². The maximum atomic E-state index is 14.4. The number of aromatic nitrogens is 1. The van der Waals surface area contributed by atoms with E-state index < -0.39 is 36.6 Å². The average Bonchev–Trinajstić information content (AvgIpc) is 3.21. The molecule has 3 aromatic rings. The number of hydrogen-bond donors (Lipinski definition) is 4.